The molecule has 0 aliphatic heterocycles. The first-order valence-corrected chi connectivity index (χ1v) is 22.9. The van der Waals surface area contributed by atoms with Crippen LogP contribution in [0.4, 0.5) is 17.6 Å². The van der Waals surface area contributed by atoms with Gasteiger partial charge in [0.1, 0.15) is 23.3 Å². The van der Waals surface area contributed by atoms with Crippen LogP contribution in [0.15, 0.2) is 201 Å². The average Bonchev–Trinajstić information content (AvgIpc) is 3.43. The number of hydrogen-bond acceptors (Lipinski definition) is 3. The van der Waals surface area contributed by atoms with Crippen LogP contribution in [-0.2, 0) is 25.7 Å². The van der Waals surface area contributed by atoms with Crippen molar-refractivity contribution in [3.05, 3.63) is 257 Å². The lowest BCUT2D eigenvalue weighted by atomic mass is 9.87. The molecular formula is C63H47F4N3. The van der Waals surface area contributed by atoms with Crippen LogP contribution in [0, 0.1) is 37.0 Å². The molecule has 0 radical (unpaired) electrons. The molecule has 0 saturated heterocycles. The Kier molecular flexibility index (Phi) is 11.1. The summed E-state index contributed by atoms with van der Waals surface area (Å²) in [4.78, 5) is 14.0. The maximum atomic E-state index is 14.9. The number of aromatic nitrogens is 3. The summed E-state index contributed by atoms with van der Waals surface area (Å²) in [6, 6.07) is 52.5. The highest BCUT2D eigenvalue weighted by Gasteiger charge is 2.18. The molecule has 0 amide bonds. The summed E-state index contributed by atoms with van der Waals surface area (Å²) in [6.45, 7) is -5.07. The van der Waals surface area contributed by atoms with E-state index in [1.807, 2.05) is 60.8 Å². The topological polar surface area (TPSA) is 38.7 Å². The van der Waals surface area contributed by atoms with Crippen molar-refractivity contribution in [2.24, 2.45) is 0 Å². The second-order valence-electron chi connectivity index (χ2n) is 17.2. The zero-order chi connectivity index (χ0) is 53.1. The molecule has 342 valence electrons. The first kappa shape index (κ1) is 38.7. The van der Waals surface area contributed by atoms with E-state index in [0.717, 1.165) is 73.3 Å². The molecule has 3 aromatic heterocycles. The van der Waals surface area contributed by atoms with Crippen molar-refractivity contribution in [3.8, 4) is 78.3 Å². The zero-order valence-electron chi connectivity index (χ0n) is 43.7. The van der Waals surface area contributed by atoms with Crippen molar-refractivity contribution in [3.63, 3.8) is 0 Å². The molecule has 10 aromatic rings. The SMILES string of the molecule is [2H]C([2H])([2H])c1cc(-c2ccc(F)cc2)ncc1CCc1cc(CCc2cnc(-c3ccc(F)cc3F)cc2C([2H])([2H])[2H])cc(-c2ccccc2-c2cnc(-c3ccc(F)cc3)cc2-c2ccc(-c3ccccc3)cc2)c1. The molecule has 0 aliphatic rings. The van der Waals surface area contributed by atoms with Crippen molar-refractivity contribution in [1.29, 1.82) is 0 Å². The van der Waals surface area contributed by atoms with Crippen molar-refractivity contribution in [1.82, 2.24) is 15.0 Å². The Bertz CT molecular complexity index is 3720. The molecule has 3 nitrogen and oxygen atoms in total. The Labute approximate surface area is 414 Å². The number of benzene rings is 7. The highest BCUT2D eigenvalue weighted by Crippen LogP contribution is 2.41. The van der Waals surface area contributed by atoms with Crippen molar-refractivity contribution < 1.29 is 25.8 Å². The van der Waals surface area contributed by atoms with E-state index in [2.05, 4.69) is 58.5 Å². The van der Waals surface area contributed by atoms with Crippen LogP contribution < -0.4 is 0 Å². The van der Waals surface area contributed by atoms with Crippen LogP contribution >= 0.6 is 0 Å². The lowest BCUT2D eigenvalue weighted by Gasteiger charge is -2.18. The van der Waals surface area contributed by atoms with Gasteiger partial charge in [-0.25, -0.2) is 17.6 Å². The third-order valence-electron chi connectivity index (χ3n) is 12.6. The first-order valence-electron chi connectivity index (χ1n) is 25.9. The molecule has 10 rings (SSSR count). The summed E-state index contributed by atoms with van der Waals surface area (Å²) < 4.78 is 108. The Hall–Kier alpha value is -8.29. The largest absolute Gasteiger partial charge is 0.256 e. The number of aryl methyl sites for hydroxylation is 6. The smallest absolute Gasteiger partial charge is 0.135 e. The lowest BCUT2D eigenvalue weighted by molar-refractivity contribution is 0.585. The second kappa shape index (κ2) is 20.1. The highest BCUT2D eigenvalue weighted by molar-refractivity contribution is 5.93. The van der Waals surface area contributed by atoms with E-state index in [4.69, 9.17) is 13.2 Å². The van der Waals surface area contributed by atoms with Gasteiger partial charge in [-0.3, -0.25) is 15.0 Å². The van der Waals surface area contributed by atoms with Crippen LogP contribution in [0.3, 0.4) is 0 Å². The quantitative estimate of drug-likeness (QED) is 0.108. The molecule has 0 unspecified atom stereocenters. The summed E-state index contributed by atoms with van der Waals surface area (Å²) in [5, 5.41) is 0. The van der Waals surface area contributed by atoms with Gasteiger partial charge in [-0.05, 0) is 191 Å². The number of pyridine rings is 3. The molecule has 3 heterocycles. The van der Waals surface area contributed by atoms with Gasteiger partial charge < -0.3 is 0 Å². The van der Waals surface area contributed by atoms with Gasteiger partial charge in [0.2, 0.25) is 0 Å². The van der Waals surface area contributed by atoms with Gasteiger partial charge in [0, 0.05) is 55.1 Å². The lowest BCUT2D eigenvalue weighted by Crippen LogP contribution is -2.01. The van der Waals surface area contributed by atoms with Crippen LogP contribution in [0.2, 0.25) is 0 Å². The van der Waals surface area contributed by atoms with Gasteiger partial charge in [-0.2, -0.15) is 0 Å². The Balaban J connectivity index is 1.07. The molecule has 0 spiro atoms. The van der Waals surface area contributed by atoms with Crippen LogP contribution in [0.5, 0.6) is 0 Å². The van der Waals surface area contributed by atoms with E-state index in [-0.39, 0.29) is 34.6 Å². The third-order valence-corrected chi connectivity index (χ3v) is 12.6. The maximum absolute atomic E-state index is 14.9. The summed E-state index contributed by atoms with van der Waals surface area (Å²) in [6.07, 6.45) is 6.16. The standard InChI is InChI=1S/C63H47F4N3/c1-40-30-61(47-20-24-52(64)25-21-47)68-37-49(40)14-12-42-32-43(13-15-50-38-69-63(31-41(50)2)57-29-28-54(66)35-60(57)67)34-51(33-42)55-10-6-7-11-56(55)59-39-70-62(48-22-26-53(65)27-23-48)36-58(59)46-18-16-45(17-19-46)44-8-4-3-5-9-44/h3-11,16-39H,12-15H2,1-2H3/i1D3,2D3. The van der Waals surface area contributed by atoms with E-state index in [1.54, 1.807) is 36.5 Å². The van der Waals surface area contributed by atoms with E-state index in [0.29, 0.717) is 47.3 Å². The summed E-state index contributed by atoms with van der Waals surface area (Å²) >= 11 is 0. The molecule has 0 N–H and O–H groups in total. The van der Waals surface area contributed by atoms with Crippen molar-refractivity contribution >= 4 is 0 Å². The van der Waals surface area contributed by atoms with Crippen LogP contribution in [0.1, 0.15) is 41.6 Å². The van der Waals surface area contributed by atoms with Crippen LogP contribution in [0.25, 0.3) is 78.3 Å². The number of nitrogens with zero attached hydrogens (tertiary/aromatic N) is 3. The van der Waals surface area contributed by atoms with Crippen molar-refractivity contribution in [2.45, 2.75) is 39.4 Å². The molecule has 0 saturated carbocycles. The minimum Gasteiger partial charge on any atom is -0.256 e. The first-order chi connectivity index (χ1) is 36.5. The fourth-order valence-corrected chi connectivity index (χ4v) is 8.88. The minimum absolute atomic E-state index is 0.00218. The Morgan fingerprint density at radius 1 is 0.343 bits per heavy atom. The number of rotatable bonds is 13. The molecule has 7 heteroatoms. The number of halogens is 4. The maximum Gasteiger partial charge on any atom is 0.135 e. The predicted molar refractivity (Wildman–Crippen MR) is 275 cm³/mol. The molecule has 0 fully saturated rings. The summed E-state index contributed by atoms with van der Waals surface area (Å²) in [7, 11) is 0. The highest BCUT2D eigenvalue weighted by atomic mass is 19.1. The van der Waals surface area contributed by atoms with Crippen molar-refractivity contribution in [2.75, 3.05) is 0 Å². The summed E-state index contributed by atoms with van der Waals surface area (Å²) in [5.41, 5.74) is 12.6. The predicted octanol–water partition coefficient (Wildman–Crippen LogP) is 16.3. The van der Waals surface area contributed by atoms with E-state index in [9.17, 15) is 17.6 Å². The Morgan fingerprint density at radius 3 is 1.46 bits per heavy atom. The van der Waals surface area contributed by atoms with Gasteiger partial charge in [-0.15, -0.1) is 0 Å². The Morgan fingerprint density at radius 2 is 0.843 bits per heavy atom. The van der Waals surface area contributed by atoms with E-state index < -0.39 is 31.2 Å². The monoisotopic (exact) mass is 927 g/mol. The molecule has 70 heavy (non-hydrogen) atoms. The van der Waals surface area contributed by atoms with Crippen LogP contribution in [-0.4, -0.2) is 15.0 Å². The third kappa shape index (κ3) is 10.1. The summed E-state index contributed by atoms with van der Waals surface area (Å²) in [5.74, 6) is -2.40. The minimum atomic E-state index is -2.59. The van der Waals surface area contributed by atoms with E-state index in [1.165, 1.54) is 42.6 Å². The zero-order valence-corrected chi connectivity index (χ0v) is 37.7. The fraction of sp³-hybridized carbons (Fsp3) is 0.0952. The molecule has 0 atom stereocenters. The molecule has 0 bridgehead atoms. The molecular weight excluding hydrogens is 875 g/mol. The number of hydrogen-bond donors (Lipinski definition) is 0. The van der Waals surface area contributed by atoms with Gasteiger partial charge in [0.15, 0.2) is 0 Å². The van der Waals surface area contributed by atoms with Gasteiger partial charge in [-0.1, -0.05) is 97.1 Å². The molecule has 0 aliphatic carbocycles. The van der Waals surface area contributed by atoms with Gasteiger partial charge in [0.25, 0.3) is 0 Å². The average molecular weight is 928 g/mol. The second-order valence-corrected chi connectivity index (χ2v) is 17.2. The van der Waals surface area contributed by atoms with E-state index >= 15 is 0 Å². The van der Waals surface area contributed by atoms with Gasteiger partial charge in [0.05, 0.1) is 17.1 Å². The van der Waals surface area contributed by atoms with Gasteiger partial charge >= 0.3 is 0 Å². The normalized spacial score (nSPS) is 12.9. The molecule has 7 aromatic carbocycles. The fourth-order valence-electron chi connectivity index (χ4n) is 8.88.